The molecular weight excluding hydrogens is 314 g/mol. The van der Waals surface area contributed by atoms with Crippen molar-refractivity contribution < 1.29 is 4.79 Å². The zero-order chi connectivity index (χ0) is 15.3. The molecule has 4 aliphatic rings. The van der Waals surface area contributed by atoms with E-state index in [1.807, 2.05) is 13.8 Å². The highest BCUT2D eigenvalue weighted by atomic mass is 32.2. The number of hydrogen-bond acceptors (Lipinski definition) is 5. The monoisotopic (exact) mass is 337 g/mol. The van der Waals surface area contributed by atoms with Gasteiger partial charge in [-0.05, 0) is 70.1 Å². The molecule has 0 saturated heterocycles. The van der Waals surface area contributed by atoms with Crippen LogP contribution in [0, 0.1) is 24.7 Å². The first-order valence-corrected chi connectivity index (χ1v) is 10.00. The minimum atomic E-state index is -0.0969. The largest absolute Gasteiger partial charge is 0.350 e. The van der Waals surface area contributed by atoms with E-state index in [9.17, 15) is 4.79 Å². The van der Waals surface area contributed by atoms with Crippen molar-refractivity contribution in [3.05, 3.63) is 5.01 Å². The van der Waals surface area contributed by atoms with Gasteiger partial charge < -0.3 is 5.32 Å². The molecule has 1 amide bonds. The first-order chi connectivity index (χ1) is 10.5. The molecule has 4 bridgehead atoms. The van der Waals surface area contributed by atoms with Crippen LogP contribution >= 0.6 is 23.1 Å². The van der Waals surface area contributed by atoms with Gasteiger partial charge in [0.05, 0.1) is 5.25 Å². The zero-order valence-corrected chi connectivity index (χ0v) is 14.8. The third-order valence-corrected chi connectivity index (χ3v) is 7.60. The molecule has 0 unspecified atom stereocenters. The lowest BCUT2D eigenvalue weighted by atomic mass is 9.53. The van der Waals surface area contributed by atoms with Crippen LogP contribution in [0.2, 0.25) is 0 Å². The lowest BCUT2D eigenvalue weighted by Gasteiger charge is -2.57. The van der Waals surface area contributed by atoms with E-state index >= 15 is 0 Å². The Balaban J connectivity index is 1.41. The molecule has 4 saturated carbocycles. The topological polar surface area (TPSA) is 54.9 Å². The fourth-order valence-electron chi connectivity index (χ4n) is 5.16. The summed E-state index contributed by atoms with van der Waals surface area (Å²) in [7, 11) is 0. The number of nitrogens with zero attached hydrogens (tertiary/aromatic N) is 2. The molecule has 0 radical (unpaired) electrons. The molecule has 22 heavy (non-hydrogen) atoms. The summed E-state index contributed by atoms with van der Waals surface area (Å²) in [6.07, 6.45) is 7.84. The molecule has 4 nitrogen and oxygen atoms in total. The standard InChI is InChI=1S/C16H23N3OS2/c1-9(21-15-19-18-10(2)22-15)14(20)17-16-6-11-3-12(7-16)5-13(4-11)8-16/h9,11-13H,3-8H2,1-2H3,(H,17,20)/t9-,11?,12?,13?,16?/m1/s1. The molecule has 120 valence electrons. The van der Waals surface area contributed by atoms with E-state index < -0.39 is 0 Å². The summed E-state index contributed by atoms with van der Waals surface area (Å²) in [5.74, 6) is 2.76. The van der Waals surface area contributed by atoms with E-state index in [0.29, 0.717) is 0 Å². The highest BCUT2D eigenvalue weighted by molar-refractivity contribution is 8.02. The number of nitrogens with one attached hydrogen (secondary N) is 1. The van der Waals surface area contributed by atoms with Crippen LogP contribution in [0.4, 0.5) is 0 Å². The van der Waals surface area contributed by atoms with Crippen molar-refractivity contribution in [1.29, 1.82) is 0 Å². The maximum absolute atomic E-state index is 12.7. The smallest absolute Gasteiger partial charge is 0.233 e. The van der Waals surface area contributed by atoms with Gasteiger partial charge >= 0.3 is 0 Å². The van der Waals surface area contributed by atoms with E-state index in [0.717, 1.165) is 27.1 Å². The zero-order valence-electron chi connectivity index (χ0n) is 13.2. The fraction of sp³-hybridized carbons (Fsp3) is 0.812. The summed E-state index contributed by atoms with van der Waals surface area (Å²) < 4.78 is 0.894. The molecule has 6 heteroatoms. The molecular formula is C16H23N3OS2. The Kier molecular flexibility index (Phi) is 3.72. The Labute approximate surface area is 139 Å². The number of aromatic nitrogens is 2. The van der Waals surface area contributed by atoms with Crippen LogP contribution in [0.5, 0.6) is 0 Å². The summed E-state index contributed by atoms with van der Waals surface area (Å²) in [4.78, 5) is 12.7. The third kappa shape index (κ3) is 2.80. The number of carbonyl (C=O) groups excluding carboxylic acids is 1. The van der Waals surface area contributed by atoms with Crippen LogP contribution in [-0.4, -0.2) is 26.9 Å². The van der Waals surface area contributed by atoms with E-state index in [-0.39, 0.29) is 16.7 Å². The molecule has 1 heterocycles. The summed E-state index contributed by atoms with van der Waals surface area (Å²) in [6.45, 7) is 3.93. The van der Waals surface area contributed by atoms with Gasteiger partial charge in [-0.2, -0.15) is 0 Å². The van der Waals surface area contributed by atoms with Crippen molar-refractivity contribution in [2.45, 2.75) is 67.5 Å². The summed E-state index contributed by atoms with van der Waals surface area (Å²) >= 11 is 3.10. The second-order valence-corrected chi connectivity index (χ2v) is 10.3. The summed E-state index contributed by atoms with van der Waals surface area (Å²) in [6, 6.07) is 0. The first-order valence-electron chi connectivity index (χ1n) is 8.30. The minimum Gasteiger partial charge on any atom is -0.350 e. The number of rotatable bonds is 4. The van der Waals surface area contributed by atoms with Gasteiger partial charge in [0.25, 0.3) is 0 Å². The van der Waals surface area contributed by atoms with Gasteiger partial charge in [-0.1, -0.05) is 23.1 Å². The molecule has 1 N–H and O–H groups in total. The predicted octanol–water partition coefficient (Wildman–Crippen LogP) is 3.41. The van der Waals surface area contributed by atoms with Gasteiger partial charge in [-0.25, -0.2) is 0 Å². The van der Waals surface area contributed by atoms with Crippen molar-refractivity contribution >= 4 is 29.0 Å². The number of hydrogen-bond donors (Lipinski definition) is 1. The fourth-order valence-corrected chi connectivity index (χ4v) is 7.12. The minimum absolute atomic E-state index is 0.0969. The van der Waals surface area contributed by atoms with Gasteiger partial charge in [0.15, 0.2) is 4.34 Å². The van der Waals surface area contributed by atoms with Gasteiger partial charge in [-0.15, -0.1) is 10.2 Å². The van der Waals surface area contributed by atoms with Crippen LogP contribution in [0.1, 0.15) is 50.5 Å². The molecule has 0 aromatic carbocycles. The van der Waals surface area contributed by atoms with Crippen LogP contribution in [0.25, 0.3) is 0 Å². The Morgan fingerprint density at radius 3 is 2.32 bits per heavy atom. The number of amides is 1. The molecule has 4 aliphatic carbocycles. The van der Waals surface area contributed by atoms with Crippen molar-refractivity contribution in [3.8, 4) is 0 Å². The average Bonchev–Trinajstić information content (AvgIpc) is 2.81. The van der Waals surface area contributed by atoms with Gasteiger partial charge in [0.2, 0.25) is 5.91 Å². The van der Waals surface area contributed by atoms with Crippen LogP contribution in [-0.2, 0) is 4.79 Å². The Morgan fingerprint density at radius 2 is 1.82 bits per heavy atom. The van der Waals surface area contributed by atoms with Crippen molar-refractivity contribution in [2.75, 3.05) is 0 Å². The molecule has 1 atom stereocenters. The maximum atomic E-state index is 12.7. The Hall–Kier alpha value is -0.620. The normalized spacial score (nSPS) is 37.3. The van der Waals surface area contributed by atoms with Crippen LogP contribution in [0.15, 0.2) is 4.34 Å². The van der Waals surface area contributed by atoms with Gasteiger partial charge in [0.1, 0.15) is 5.01 Å². The maximum Gasteiger partial charge on any atom is 0.233 e. The predicted molar refractivity (Wildman–Crippen MR) is 89.0 cm³/mol. The average molecular weight is 338 g/mol. The lowest BCUT2D eigenvalue weighted by Crippen LogP contribution is -2.60. The van der Waals surface area contributed by atoms with E-state index in [1.54, 1.807) is 11.3 Å². The Morgan fingerprint density at radius 1 is 1.23 bits per heavy atom. The molecule has 0 aliphatic heterocycles. The second-order valence-electron chi connectivity index (χ2n) is 7.53. The van der Waals surface area contributed by atoms with E-state index in [4.69, 9.17) is 0 Å². The van der Waals surface area contributed by atoms with Crippen molar-refractivity contribution in [2.24, 2.45) is 17.8 Å². The SMILES string of the molecule is Cc1nnc(S[C@H](C)C(=O)NC23CC4CC(CC(C4)C2)C3)s1. The lowest BCUT2D eigenvalue weighted by molar-refractivity contribution is -0.126. The molecule has 4 fully saturated rings. The summed E-state index contributed by atoms with van der Waals surface area (Å²) in [5, 5.41) is 12.4. The quantitative estimate of drug-likeness (QED) is 0.856. The van der Waals surface area contributed by atoms with E-state index in [2.05, 4.69) is 15.5 Å². The summed E-state index contributed by atoms with van der Waals surface area (Å²) in [5.41, 5.74) is 0.109. The Bertz CT molecular complexity index is 550. The van der Waals surface area contributed by atoms with Gasteiger partial charge in [0, 0.05) is 5.54 Å². The molecule has 0 spiro atoms. The number of aryl methyl sites for hydroxylation is 1. The van der Waals surface area contributed by atoms with Crippen molar-refractivity contribution in [3.63, 3.8) is 0 Å². The number of carbonyl (C=O) groups is 1. The third-order valence-electron chi connectivity index (χ3n) is 5.58. The number of thioether (sulfide) groups is 1. The van der Waals surface area contributed by atoms with Crippen LogP contribution < -0.4 is 5.32 Å². The molecule has 5 rings (SSSR count). The van der Waals surface area contributed by atoms with Crippen LogP contribution in [0.3, 0.4) is 0 Å². The van der Waals surface area contributed by atoms with Crippen molar-refractivity contribution in [1.82, 2.24) is 15.5 Å². The second kappa shape index (κ2) is 5.48. The van der Waals surface area contributed by atoms with Gasteiger partial charge in [-0.3, -0.25) is 4.79 Å². The highest BCUT2D eigenvalue weighted by Gasteiger charge is 2.51. The van der Waals surface area contributed by atoms with E-state index in [1.165, 1.54) is 50.3 Å². The molecule has 1 aromatic heterocycles. The highest BCUT2D eigenvalue weighted by Crippen LogP contribution is 2.55. The first kappa shape index (κ1) is 14.9. The molecule has 1 aromatic rings.